The van der Waals surface area contributed by atoms with Crippen molar-refractivity contribution in [3.05, 3.63) is 28.0 Å². The van der Waals surface area contributed by atoms with Gasteiger partial charge in [0.15, 0.2) is 5.69 Å². The first-order valence-electron chi connectivity index (χ1n) is 5.25. The highest BCUT2D eigenvalue weighted by Gasteiger charge is 2.10. The largest absolute Gasteiger partial charge is 0.344 e. The number of hydrogen-bond donors (Lipinski definition) is 2. The van der Waals surface area contributed by atoms with Crippen LogP contribution >= 0.6 is 11.3 Å². The van der Waals surface area contributed by atoms with Gasteiger partial charge in [-0.2, -0.15) is 15.4 Å². The summed E-state index contributed by atoms with van der Waals surface area (Å²) in [6, 6.07) is 0. The van der Waals surface area contributed by atoms with Crippen molar-refractivity contribution < 1.29 is 4.79 Å². The molecule has 2 N–H and O–H groups in total. The van der Waals surface area contributed by atoms with E-state index in [-0.39, 0.29) is 11.6 Å². The average Bonchev–Trinajstić information content (AvgIpc) is 2.97. The van der Waals surface area contributed by atoms with E-state index in [9.17, 15) is 4.79 Å². The molecule has 0 saturated heterocycles. The number of H-pyrrole nitrogens is 1. The highest BCUT2D eigenvalue weighted by atomic mass is 32.1. The second-order valence-electron chi connectivity index (χ2n) is 3.86. The van der Waals surface area contributed by atoms with Crippen LogP contribution in [-0.2, 0) is 6.54 Å². The Morgan fingerprint density at radius 1 is 1.59 bits per heavy atom. The monoisotopic (exact) mass is 251 g/mol. The topological polar surface area (TPSA) is 83.6 Å². The van der Waals surface area contributed by atoms with Gasteiger partial charge >= 0.3 is 0 Å². The molecule has 0 radical (unpaired) electrons. The number of hydrogen-bond acceptors (Lipinski definition) is 5. The van der Waals surface area contributed by atoms with Crippen LogP contribution in [0.1, 0.15) is 41.0 Å². The first-order chi connectivity index (χ1) is 8.16. The van der Waals surface area contributed by atoms with Crippen molar-refractivity contribution in [2.24, 2.45) is 0 Å². The van der Waals surface area contributed by atoms with E-state index in [0.717, 1.165) is 10.7 Å². The number of amides is 1. The predicted octanol–water partition coefficient (Wildman–Crippen LogP) is 1.31. The van der Waals surface area contributed by atoms with Crippen molar-refractivity contribution in [2.75, 3.05) is 0 Å². The lowest BCUT2D eigenvalue weighted by Crippen LogP contribution is -2.23. The first-order valence-corrected chi connectivity index (χ1v) is 6.13. The summed E-state index contributed by atoms with van der Waals surface area (Å²) in [6.45, 7) is 4.60. The molecule has 2 aromatic heterocycles. The van der Waals surface area contributed by atoms with Crippen LogP contribution in [0.25, 0.3) is 0 Å². The number of nitrogens with zero attached hydrogens (tertiary/aromatic N) is 3. The van der Waals surface area contributed by atoms with Gasteiger partial charge in [-0.05, 0) is 5.92 Å². The first kappa shape index (κ1) is 11.7. The molecular weight excluding hydrogens is 238 g/mol. The molecule has 6 nitrogen and oxygen atoms in total. The Morgan fingerprint density at radius 2 is 2.41 bits per heavy atom. The zero-order chi connectivity index (χ0) is 12.3. The SMILES string of the molecule is CC(C)c1csc(CNC(=O)c2cn[nH]n2)n1. The normalized spacial score (nSPS) is 10.8. The van der Waals surface area contributed by atoms with E-state index in [1.807, 2.05) is 5.38 Å². The third-order valence-corrected chi connectivity index (χ3v) is 3.08. The lowest BCUT2D eigenvalue weighted by Gasteiger charge is -2.00. The van der Waals surface area contributed by atoms with E-state index in [2.05, 4.69) is 39.6 Å². The Hall–Kier alpha value is -1.76. The summed E-state index contributed by atoms with van der Waals surface area (Å²) in [4.78, 5) is 16.0. The van der Waals surface area contributed by atoms with E-state index in [1.165, 1.54) is 6.20 Å². The number of carbonyl (C=O) groups is 1. The van der Waals surface area contributed by atoms with Crippen LogP contribution in [0.3, 0.4) is 0 Å². The van der Waals surface area contributed by atoms with Gasteiger partial charge in [0, 0.05) is 5.38 Å². The van der Waals surface area contributed by atoms with Gasteiger partial charge in [0.25, 0.3) is 5.91 Å². The molecule has 90 valence electrons. The minimum atomic E-state index is -0.250. The van der Waals surface area contributed by atoms with Crippen LogP contribution < -0.4 is 5.32 Å². The van der Waals surface area contributed by atoms with E-state index < -0.39 is 0 Å². The number of nitrogens with one attached hydrogen (secondary N) is 2. The quantitative estimate of drug-likeness (QED) is 0.858. The fourth-order valence-electron chi connectivity index (χ4n) is 1.23. The van der Waals surface area contributed by atoms with Gasteiger partial charge in [-0.3, -0.25) is 4.79 Å². The molecule has 0 aromatic carbocycles. The maximum absolute atomic E-state index is 11.6. The fourth-order valence-corrected chi connectivity index (χ4v) is 2.12. The van der Waals surface area contributed by atoms with Crippen molar-refractivity contribution in [2.45, 2.75) is 26.3 Å². The van der Waals surface area contributed by atoms with E-state index >= 15 is 0 Å². The van der Waals surface area contributed by atoms with Crippen LogP contribution in [0, 0.1) is 0 Å². The van der Waals surface area contributed by atoms with Crippen LogP contribution in [0.15, 0.2) is 11.6 Å². The molecule has 1 amide bonds. The van der Waals surface area contributed by atoms with Gasteiger partial charge in [0.1, 0.15) is 5.01 Å². The maximum atomic E-state index is 11.6. The lowest BCUT2D eigenvalue weighted by atomic mass is 10.2. The molecule has 0 fully saturated rings. The smallest absolute Gasteiger partial charge is 0.273 e. The second kappa shape index (κ2) is 5.05. The van der Waals surface area contributed by atoms with Crippen molar-refractivity contribution in [3.63, 3.8) is 0 Å². The van der Waals surface area contributed by atoms with Gasteiger partial charge in [-0.15, -0.1) is 11.3 Å². The van der Waals surface area contributed by atoms with Gasteiger partial charge < -0.3 is 5.32 Å². The minimum absolute atomic E-state index is 0.250. The van der Waals surface area contributed by atoms with Crippen LogP contribution in [0.4, 0.5) is 0 Å². The number of aromatic nitrogens is 4. The minimum Gasteiger partial charge on any atom is -0.344 e. The molecule has 2 heterocycles. The number of aromatic amines is 1. The number of carbonyl (C=O) groups excluding carboxylic acids is 1. The number of thiazole rings is 1. The highest BCUT2D eigenvalue weighted by molar-refractivity contribution is 7.09. The van der Waals surface area contributed by atoms with Crippen molar-refractivity contribution in [1.29, 1.82) is 0 Å². The summed E-state index contributed by atoms with van der Waals surface area (Å²) in [5.74, 6) is 0.159. The molecule has 0 bridgehead atoms. The number of rotatable bonds is 4. The Bertz CT molecular complexity index is 491. The average molecular weight is 251 g/mol. The molecule has 0 spiro atoms. The summed E-state index contributed by atoms with van der Waals surface area (Å²) < 4.78 is 0. The molecule has 2 aromatic rings. The Balaban J connectivity index is 1.91. The van der Waals surface area contributed by atoms with E-state index in [0.29, 0.717) is 12.5 Å². The van der Waals surface area contributed by atoms with Crippen LogP contribution in [0.2, 0.25) is 0 Å². The molecule has 17 heavy (non-hydrogen) atoms. The lowest BCUT2D eigenvalue weighted by molar-refractivity contribution is 0.0946. The highest BCUT2D eigenvalue weighted by Crippen LogP contribution is 2.17. The molecule has 0 aliphatic carbocycles. The molecular formula is C10H13N5OS. The third-order valence-electron chi connectivity index (χ3n) is 2.21. The van der Waals surface area contributed by atoms with Gasteiger partial charge in [-0.25, -0.2) is 4.98 Å². The molecule has 0 atom stereocenters. The van der Waals surface area contributed by atoms with Crippen LogP contribution in [0.5, 0.6) is 0 Å². The second-order valence-corrected chi connectivity index (χ2v) is 4.80. The maximum Gasteiger partial charge on any atom is 0.273 e. The fraction of sp³-hybridized carbons (Fsp3) is 0.400. The van der Waals surface area contributed by atoms with Crippen molar-refractivity contribution in [1.82, 2.24) is 25.7 Å². The molecule has 0 unspecified atom stereocenters. The molecule has 0 aliphatic rings. The summed E-state index contributed by atoms with van der Waals surface area (Å²) >= 11 is 1.55. The standard InChI is InChI=1S/C10H13N5OS/c1-6(2)8-5-17-9(13-8)4-11-10(16)7-3-12-15-14-7/h3,5-6H,4H2,1-2H3,(H,11,16)(H,12,14,15). The van der Waals surface area contributed by atoms with Crippen molar-refractivity contribution >= 4 is 17.2 Å². The summed E-state index contributed by atoms with van der Waals surface area (Å²) in [5, 5.41) is 15.3. The predicted molar refractivity (Wildman–Crippen MR) is 63.8 cm³/mol. The Kier molecular flexibility index (Phi) is 3.48. The summed E-state index contributed by atoms with van der Waals surface area (Å²) in [6.07, 6.45) is 1.39. The summed E-state index contributed by atoms with van der Waals surface area (Å²) in [5.41, 5.74) is 1.34. The molecule has 0 aliphatic heterocycles. The Labute approximate surface area is 102 Å². The Morgan fingerprint density at radius 3 is 3.00 bits per heavy atom. The summed E-state index contributed by atoms with van der Waals surface area (Å²) in [7, 11) is 0. The van der Waals surface area contributed by atoms with E-state index in [1.54, 1.807) is 11.3 Å². The molecule has 0 saturated carbocycles. The van der Waals surface area contributed by atoms with Gasteiger partial charge in [-0.1, -0.05) is 13.8 Å². The zero-order valence-electron chi connectivity index (χ0n) is 9.60. The van der Waals surface area contributed by atoms with Crippen LogP contribution in [-0.4, -0.2) is 26.3 Å². The van der Waals surface area contributed by atoms with Gasteiger partial charge in [0.2, 0.25) is 0 Å². The third kappa shape index (κ3) is 2.88. The molecule has 7 heteroatoms. The van der Waals surface area contributed by atoms with E-state index in [4.69, 9.17) is 0 Å². The zero-order valence-corrected chi connectivity index (χ0v) is 10.4. The molecule has 2 rings (SSSR count). The van der Waals surface area contributed by atoms with Gasteiger partial charge in [0.05, 0.1) is 18.4 Å². The van der Waals surface area contributed by atoms with Crippen molar-refractivity contribution in [3.8, 4) is 0 Å².